The Bertz CT molecular complexity index is 564. The van der Waals surface area contributed by atoms with E-state index < -0.39 is 0 Å². The number of rotatable bonds is 3. The monoisotopic (exact) mass is 332 g/mol. The fourth-order valence-corrected chi connectivity index (χ4v) is 3.41. The quantitative estimate of drug-likeness (QED) is 0.829. The van der Waals surface area contributed by atoms with Crippen LogP contribution in [0.5, 0.6) is 5.88 Å². The van der Waals surface area contributed by atoms with Crippen LogP contribution < -0.4 is 4.74 Å². The zero-order valence-corrected chi connectivity index (χ0v) is 14.1. The van der Waals surface area contributed by atoms with E-state index in [-0.39, 0.29) is 23.8 Å². The van der Waals surface area contributed by atoms with Gasteiger partial charge in [0.1, 0.15) is 12.4 Å². The second-order valence-corrected chi connectivity index (χ2v) is 6.47. The van der Waals surface area contributed by atoms with Crippen LogP contribution in [0.1, 0.15) is 32.6 Å². The van der Waals surface area contributed by atoms with Crippen molar-refractivity contribution in [1.29, 1.82) is 0 Å². The van der Waals surface area contributed by atoms with E-state index in [2.05, 4.69) is 9.97 Å². The molecule has 2 aliphatic heterocycles. The SMILES string of the molecule is CC(=O)N1CCC(C(=O)N2CCC(Oc3ccncn3)CC2)CC1. The van der Waals surface area contributed by atoms with Crippen molar-refractivity contribution in [2.45, 2.75) is 38.7 Å². The van der Waals surface area contributed by atoms with Crippen LogP contribution in [0.4, 0.5) is 0 Å². The molecule has 2 aliphatic rings. The maximum absolute atomic E-state index is 12.7. The third-order valence-electron chi connectivity index (χ3n) is 4.89. The summed E-state index contributed by atoms with van der Waals surface area (Å²) in [4.78, 5) is 35.8. The van der Waals surface area contributed by atoms with E-state index in [9.17, 15) is 9.59 Å². The molecule has 0 aromatic carbocycles. The van der Waals surface area contributed by atoms with Gasteiger partial charge < -0.3 is 14.5 Å². The van der Waals surface area contributed by atoms with E-state index in [1.807, 2.05) is 9.80 Å². The van der Waals surface area contributed by atoms with Crippen molar-refractivity contribution in [3.05, 3.63) is 18.6 Å². The minimum Gasteiger partial charge on any atom is -0.474 e. The molecule has 130 valence electrons. The van der Waals surface area contributed by atoms with Crippen LogP contribution in [0, 0.1) is 5.92 Å². The van der Waals surface area contributed by atoms with Gasteiger partial charge in [0, 0.05) is 64.1 Å². The fourth-order valence-electron chi connectivity index (χ4n) is 3.41. The van der Waals surface area contributed by atoms with Crippen LogP contribution in [-0.2, 0) is 9.59 Å². The lowest BCUT2D eigenvalue weighted by Gasteiger charge is -2.37. The summed E-state index contributed by atoms with van der Waals surface area (Å²) in [6, 6.07) is 1.75. The summed E-state index contributed by atoms with van der Waals surface area (Å²) in [6.45, 7) is 4.42. The summed E-state index contributed by atoms with van der Waals surface area (Å²) in [5, 5.41) is 0. The van der Waals surface area contributed by atoms with Crippen LogP contribution in [0.15, 0.2) is 18.6 Å². The van der Waals surface area contributed by atoms with Crippen LogP contribution in [0.3, 0.4) is 0 Å². The molecule has 0 radical (unpaired) electrons. The van der Waals surface area contributed by atoms with Crippen molar-refractivity contribution in [1.82, 2.24) is 19.8 Å². The lowest BCUT2D eigenvalue weighted by atomic mass is 9.94. The van der Waals surface area contributed by atoms with E-state index in [0.29, 0.717) is 19.0 Å². The van der Waals surface area contributed by atoms with Gasteiger partial charge in [0.05, 0.1) is 0 Å². The number of hydrogen-bond donors (Lipinski definition) is 0. The van der Waals surface area contributed by atoms with Gasteiger partial charge in [-0.3, -0.25) is 9.59 Å². The zero-order valence-electron chi connectivity index (χ0n) is 14.1. The molecule has 0 unspecified atom stereocenters. The second kappa shape index (κ2) is 7.59. The number of nitrogens with zero attached hydrogens (tertiary/aromatic N) is 4. The van der Waals surface area contributed by atoms with Crippen molar-refractivity contribution in [3.8, 4) is 5.88 Å². The van der Waals surface area contributed by atoms with E-state index in [4.69, 9.17) is 4.74 Å². The van der Waals surface area contributed by atoms with Crippen LogP contribution in [-0.4, -0.2) is 63.9 Å². The minimum atomic E-state index is 0.0555. The van der Waals surface area contributed by atoms with Crippen LogP contribution >= 0.6 is 0 Å². The van der Waals surface area contributed by atoms with Gasteiger partial charge in [-0.1, -0.05) is 0 Å². The Morgan fingerprint density at radius 1 is 1.08 bits per heavy atom. The zero-order chi connectivity index (χ0) is 16.9. The summed E-state index contributed by atoms with van der Waals surface area (Å²) in [5.74, 6) is 0.980. The Morgan fingerprint density at radius 3 is 2.33 bits per heavy atom. The Balaban J connectivity index is 1.45. The van der Waals surface area contributed by atoms with Crippen molar-refractivity contribution < 1.29 is 14.3 Å². The number of hydrogen-bond acceptors (Lipinski definition) is 5. The molecule has 0 N–H and O–H groups in total. The number of amides is 2. The number of ether oxygens (including phenoxy) is 1. The average molecular weight is 332 g/mol. The topological polar surface area (TPSA) is 75.6 Å². The molecule has 0 saturated carbocycles. The molecule has 7 nitrogen and oxygen atoms in total. The van der Waals surface area contributed by atoms with Crippen molar-refractivity contribution >= 4 is 11.8 Å². The summed E-state index contributed by atoms with van der Waals surface area (Å²) in [7, 11) is 0. The Morgan fingerprint density at radius 2 is 1.75 bits per heavy atom. The number of aromatic nitrogens is 2. The summed E-state index contributed by atoms with van der Waals surface area (Å²) in [6.07, 6.45) is 6.43. The molecule has 3 heterocycles. The first-order valence-corrected chi connectivity index (χ1v) is 8.60. The van der Waals surface area contributed by atoms with Gasteiger partial charge >= 0.3 is 0 Å². The lowest BCUT2D eigenvalue weighted by Crippen LogP contribution is -2.47. The molecule has 0 bridgehead atoms. The highest BCUT2D eigenvalue weighted by Crippen LogP contribution is 2.23. The molecule has 3 rings (SSSR count). The number of carbonyl (C=O) groups is 2. The Labute approximate surface area is 142 Å². The first-order valence-electron chi connectivity index (χ1n) is 8.60. The van der Waals surface area contributed by atoms with Crippen LogP contribution in [0.25, 0.3) is 0 Å². The van der Waals surface area contributed by atoms with Gasteiger partial charge in [0.25, 0.3) is 0 Å². The smallest absolute Gasteiger partial charge is 0.225 e. The molecule has 1 aromatic rings. The fraction of sp³-hybridized carbons (Fsp3) is 0.647. The summed E-state index contributed by atoms with van der Waals surface area (Å²) >= 11 is 0. The van der Waals surface area contributed by atoms with Gasteiger partial charge in [0.2, 0.25) is 17.7 Å². The molecule has 7 heteroatoms. The highest BCUT2D eigenvalue weighted by molar-refractivity contribution is 5.79. The van der Waals surface area contributed by atoms with Gasteiger partial charge in [-0.25, -0.2) is 9.97 Å². The van der Waals surface area contributed by atoms with Crippen molar-refractivity contribution in [2.75, 3.05) is 26.2 Å². The standard InChI is InChI=1S/C17H24N4O3/c1-13(22)20-8-3-14(4-9-20)17(23)21-10-5-15(6-11-21)24-16-2-7-18-12-19-16/h2,7,12,14-15H,3-6,8-11H2,1H3. The number of likely N-dealkylation sites (tertiary alicyclic amines) is 2. The lowest BCUT2D eigenvalue weighted by molar-refractivity contribution is -0.141. The summed E-state index contributed by atoms with van der Waals surface area (Å²) in [5.41, 5.74) is 0. The maximum atomic E-state index is 12.7. The largest absolute Gasteiger partial charge is 0.474 e. The molecule has 0 atom stereocenters. The van der Waals surface area contributed by atoms with Gasteiger partial charge in [-0.05, 0) is 12.8 Å². The molecule has 24 heavy (non-hydrogen) atoms. The summed E-state index contributed by atoms with van der Waals surface area (Å²) < 4.78 is 5.84. The first-order chi connectivity index (χ1) is 11.6. The van der Waals surface area contributed by atoms with E-state index in [1.165, 1.54) is 6.33 Å². The second-order valence-electron chi connectivity index (χ2n) is 6.47. The Hall–Kier alpha value is -2.18. The van der Waals surface area contributed by atoms with Crippen molar-refractivity contribution in [2.24, 2.45) is 5.92 Å². The normalized spacial score (nSPS) is 20.0. The van der Waals surface area contributed by atoms with Gasteiger partial charge in [0.15, 0.2) is 0 Å². The molecule has 0 spiro atoms. The van der Waals surface area contributed by atoms with Crippen LogP contribution in [0.2, 0.25) is 0 Å². The highest BCUT2D eigenvalue weighted by Gasteiger charge is 2.31. The van der Waals surface area contributed by atoms with E-state index in [0.717, 1.165) is 38.8 Å². The maximum Gasteiger partial charge on any atom is 0.225 e. The Kier molecular flexibility index (Phi) is 5.27. The molecule has 0 aliphatic carbocycles. The van der Waals surface area contributed by atoms with Gasteiger partial charge in [-0.15, -0.1) is 0 Å². The number of carbonyl (C=O) groups excluding carboxylic acids is 2. The molecule has 1 aromatic heterocycles. The molecule has 2 fully saturated rings. The van der Waals surface area contributed by atoms with Gasteiger partial charge in [-0.2, -0.15) is 0 Å². The third kappa shape index (κ3) is 4.01. The minimum absolute atomic E-state index is 0.0555. The third-order valence-corrected chi connectivity index (χ3v) is 4.89. The van der Waals surface area contributed by atoms with E-state index >= 15 is 0 Å². The predicted molar refractivity (Wildman–Crippen MR) is 87.2 cm³/mol. The predicted octanol–water partition coefficient (Wildman–Crippen LogP) is 1.10. The van der Waals surface area contributed by atoms with Crippen molar-refractivity contribution in [3.63, 3.8) is 0 Å². The molecular formula is C17H24N4O3. The number of piperidine rings is 2. The van der Waals surface area contributed by atoms with E-state index in [1.54, 1.807) is 19.2 Å². The average Bonchev–Trinajstić information content (AvgIpc) is 2.63. The molecule has 2 saturated heterocycles. The molecular weight excluding hydrogens is 308 g/mol. The highest BCUT2D eigenvalue weighted by atomic mass is 16.5. The molecule has 2 amide bonds. The first kappa shape index (κ1) is 16.7.